The molecule has 7 N–H and O–H groups in total. The van der Waals surface area contributed by atoms with Crippen LogP contribution in [0.2, 0.25) is 0 Å². The van der Waals surface area contributed by atoms with Gasteiger partial charge in [0.25, 0.3) is 0 Å². The molecular weight excluding hydrogens is 582 g/mol. The third kappa shape index (κ3) is 11.0. The highest BCUT2D eigenvalue weighted by Crippen LogP contribution is 2.11. The summed E-state index contributed by atoms with van der Waals surface area (Å²) in [7, 11) is 0. The van der Waals surface area contributed by atoms with E-state index >= 15 is 0 Å². The largest absolute Gasteiger partial charge is 0.370 e. The van der Waals surface area contributed by atoms with Gasteiger partial charge in [-0.3, -0.25) is 19.4 Å². The number of nitrogens with zero attached hydrogens (tertiary/aromatic N) is 1. The molecule has 44 heavy (non-hydrogen) atoms. The zero-order valence-corrected chi connectivity index (χ0v) is 25.8. The molecule has 12 nitrogen and oxygen atoms in total. The molecular formula is C31H41N7O5S. The molecule has 0 aromatic heterocycles. The molecule has 236 valence electrons. The van der Waals surface area contributed by atoms with Crippen LogP contribution in [0.1, 0.15) is 37.8 Å². The van der Waals surface area contributed by atoms with Gasteiger partial charge in [-0.25, -0.2) is 4.79 Å². The SMILES string of the molecule is CC(C)C[C@H](NC(=O)[C@@H](NC(=O)N[C@H](C=O)Cc1ccccc1)[C@@H]1CCN=C(N)N1)C(=O)N[C@@H](Cc1ccccc1)C(=O)S. The molecule has 13 heteroatoms. The van der Waals surface area contributed by atoms with E-state index in [-0.39, 0.29) is 31.1 Å². The Bertz CT molecular complexity index is 1310. The summed E-state index contributed by atoms with van der Waals surface area (Å²) in [6.45, 7) is 4.11. The van der Waals surface area contributed by atoms with Gasteiger partial charge in [-0.05, 0) is 36.3 Å². The maximum atomic E-state index is 13.7. The van der Waals surface area contributed by atoms with Gasteiger partial charge in [0.15, 0.2) is 5.96 Å². The highest BCUT2D eigenvalue weighted by molar-refractivity contribution is 7.96. The highest BCUT2D eigenvalue weighted by Gasteiger charge is 2.35. The van der Waals surface area contributed by atoms with Gasteiger partial charge in [-0.2, -0.15) is 0 Å². The number of rotatable bonds is 15. The fraction of sp³-hybridized carbons (Fsp3) is 0.419. The van der Waals surface area contributed by atoms with E-state index in [9.17, 15) is 24.0 Å². The Morgan fingerprint density at radius 3 is 2.05 bits per heavy atom. The minimum atomic E-state index is -1.18. The van der Waals surface area contributed by atoms with E-state index in [2.05, 4.69) is 44.2 Å². The summed E-state index contributed by atoms with van der Waals surface area (Å²) in [5, 5.41) is 13.2. The van der Waals surface area contributed by atoms with Crippen LogP contribution >= 0.6 is 12.6 Å². The van der Waals surface area contributed by atoms with E-state index in [1.165, 1.54) is 0 Å². The predicted molar refractivity (Wildman–Crippen MR) is 171 cm³/mol. The summed E-state index contributed by atoms with van der Waals surface area (Å²) < 4.78 is 0. The van der Waals surface area contributed by atoms with Crippen molar-refractivity contribution >= 4 is 47.8 Å². The first-order valence-corrected chi connectivity index (χ1v) is 15.0. The summed E-state index contributed by atoms with van der Waals surface area (Å²) in [6, 6.07) is 13.0. The number of nitrogens with two attached hydrogens (primary N) is 1. The first-order valence-electron chi connectivity index (χ1n) is 14.6. The van der Waals surface area contributed by atoms with Crippen molar-refractivity contribution in [1.29, 1.82) is 0 Å². The van der Waals surface area contributed by atoms with Crippen LogP contribution in [0.3, 0.4) is 0 Å². The molecule has 0 fully saturated rings. The second-order valence-electron chi connectivity index (χ2n) is 11.1. The zero-order valence-electron chi connectivity index (χ0n) is 24.9. The number of amides is 4. The molecule has 3 rings (SSSR count). The van der Waals surface area contributed by atoms with Crippen LogP contribution < -0.4 is 32.3 Å². The minimum Gasteiger partial charge on any atom is -0.370 e. The monoisotopic (exact) mass is 623 g/mol. The third-order valence-corrected chi connectivity index (χ3v) is 7.36. The normalized spacial score (nSPS) is 17.1. The summed E-state index contributed by atoms with van der Waals surface area (Å²) in [4.78, 5) is 68.4. The van der Waals surface area contributed by atoms with Crippen molar-refractivity contribution < 1.29 is 24.0 Å². The van der Waals surface area contributed by atoms with Crippen molar-refractivity contribution in [3.8, 4) is 0 Å². The maximum absolute atomic E-state index is 13.7. The van der Waals surface area contributed by atoms with Crippen molar-refractivity contribution in [3.05, 3.63) is 71.8 Å². The van der Waals surface area contributed by atoms with Crippen molar-refractivity contribution in [2.24, 2.45) is 16.6 Å². The summed E-state index contributed by atoms with van der Waals surface area (Å²) in [5.41, 5.74) is 7.56. The Morgan fingerprint density at radius 2 is 1.50 bits per heavy atom. The van der Waals surface area contributed by atoms with Crippen LogP contribution in [-0.4, -0.2) is 72.0 Å². The van der Waals surface area contributed by atoms with E-state index in [0.29, 0.717) is 19.3 Å². The van der Waals surface area contributed by atoms with Crippen LogP contribution in [0.5, 0.6) is 0 Å². The first kappa shape index (κ1) is 34.1. The number of thiol groups is 1. The molecule has 2 aromatic carbocycles. The lowest BCUT2D eigenvalue weighted by molar-refractivity contribution is -0.131. The summed E-state index contributed by atoms with van der Waals surface area (Å²) in [6.07, 6.45) is 1.76. The molecule has 2 aromatic rings. The van der Waals surface area contributed by atoms with Gasteiger partial charge in [-0.15, -0.1) is 12.6 Å². The van der Waals surface area contributed by atoms with Gasteiger partial charge >= 0.3 is 6.03 Å². The van der Waals surface area contributed by atoms with Gasteiger partial charge < -0.3 is 37.1 Å². The smallest absolute Gasteiger partial charge is 0.316 e. The van der Waals surface area contributed by atoms with Gasteiger partial charge in [0.1, 0.15) is 24.4 Å². The van der Waals surface area contributed by atoms with Crippen molar-refractivity contribution in [2.45, 2.75) is 69.7 Å². The molecule has 0 unspecified atom stereocenters. The van der Waals surface area contributed by atoms with Crippen LogP contribution in [0.4, 0.5) is 4.79 Å². The van der Waals surface area contributed by atoms with E-state index in [1.807, 2.05) is 74.5 Å². The average Bonchev–Trinajstić information content (AvgIpc) is 2.99. The second-order valence-corrected chi connectivity index (χ2v) is 11.6. The summed E-state index contributed by atoms with van der Waals surface area (Å²) >= 11 is 3.97. The molecule has 1 aliphatic heterocycles. The molecule has 0 spiro atoms. The molecule has 0 bridgehead atoms. The van der Waals surface area contributed by atoms with Gasteiger partial charge in [-0.1, -0.05) is 74.5 Å². The molecule has 1 aliphatic rings. The number of carbonyl (C=O) groups excluding carboxylic acids is 5. The van der Waals surface area contributed by atoms with Gasteiger partial charge in [0, 0.05) is 13.0 Å². The quantitative estimate of drug-likeness (QED) is 0.113. The lowest BCUT2D eigenvalue weighted by Crippen LogP contribution is -2.64. The maximum Gasteiger partial charge on any atom is 0.316 e. The van der Waals surface area contributed by atoms with Crippen LogP contribution in [-0.2, 0) is 32.0 Å². The van der Waals surface area contributed by atoms with E-state index in [0.717, 1.165) is 11.1 Å². The Labute approximate surface area is 262 Å². The number of guanidine groups is 1. The Kier molecular flexibility index (Phi) is 13.2. The Morgan fingerprint density at radius 1 is 0.909 bits per heavy atom. The fourth-order valence-corrected chi connectivity index (χ4v) is 5.03. The van der Waals surface area contributed by atoms with Gasteiger partial charge in [0.2, 0.25) is 16.9 Å². The number of nitrogens with one attached hydrogen (secondary N) is 5. The van der Waals surface area contributed by atoms with Crippen molar-refractivity contribution in [2.75, 3.05) is 6.54 Å². The first-order chi connectivity index (χ1) is 21.0. The number of aldehydes is 1. The topological polar surface area (TPSA) is 184 Å². The third-order valence-electron chi connectivity index (χ3n) is 7.04. The number of hydrogen-bond acceptors (Lipinski definition) is 8. The molecule has 0 radical (unpaired) electrons. The second kappa shape index (κ2) is 17.0. The molecule has 1 heterocycles. The minimum absolute atomic E-state index is 0.00181. The van der Waals surface area contributed by atoms with E-state index in [4.69, 9.17) is 5.73 Å². The Balaban J connectivity index is 1.75. The zero-order chi connectivity index (χ0) is 32.1. The van der Waals surface area contributed by atoms with Crippen molar-refractivity contribution in [1.82, 2.24) is 26.6 Å². The average molecular weight is 624 g/mol. The number of aliphatic imine (C=N–C) groups is 1. The predicted octanol–water partition coefficient (Wildman–Crippen LogP) is 0.856. The van der Waals surface area contributed by atoms with Gasteiger partial charge in [0.05, 0.1) is 12.1 Å². The van der Waals surface area contributed by atoms with Crippen LogP contribution in [0, 0.1) is 5.92 Å². The standard InChI is InChI=1S/C31H41N7O5S/c1-19(2)15-24(27(40)36-25(29(42)44)17-21-11-7-4-8-12-21)35-28(41)26(23-13-14-33-30(32)37-23)38-31(43)34-22(18-39)16-20-9-5-3-6-10-20/h3-12,18-19,22-26H,13-17H2,1-2H3,(H,35,41)(H,36,40)(H,42,44)(H3,32,33,37)(H2,34,38,43)/t22-,23-,24-,25-,26-/m0/s1. The van der Waals surface area contributed by atoms with Crippen LogP contribution in [0.15, 0.2) is 65.7 Å². The number of benzene rings is 2. The van der Waals surface area contributed by atoms with Crippen LogP contribution in [0.25, 0.3) is 0 Å². The number of urea groups is 1. The molecule has 4 amide bonds. The highest BCUT2D eigenvalue weighted by atomic mass is 32.1. The van der Waals surface area contributed by atoms with E-state index < -0.39 is 53.2 Å². The van der Waals surface area contributed by atoms with Crippen molar-refractivity contribution in [3.63, 3.8) is 0 Å². The molecule has 0 saturated heterocycles. The van der Waals surface area contributed by atoms with E-state index in [1.54, 1.807) is 0 Å². The lowest BCUT2D eigenvalue weighted by Gasteiger charge is -2.32. The molecule has 0 saturated carbocycles. The molecule has 5 atom stereocenters. The Hall–Kier alpha value is -4.39. The fourth-order valence-electron chi connectivity index (χ4n) is 4.87. The number of carbonyl (C=O) groups is 5. The molecule has 0 aliphatic carbocycles. The number of hydrogen-bond donors (Lipinski definition) is 7. The summed E-state index contributed by atoms with van der Waals surface area (Å²) in [5.74, 6) is -1.08. The lowest BCUT2D eigenvalue weighted by atomic mass is 9.99.